The molecule has 0 aromatic heterocycles. The summed E-state index contributed by atoms with van der Waals surface area (Å²) in [6.07, 6.45) is 1.88. The molecule has 0 aliphatic carbocycles. The molecule has 0 aliphatic heterocycles. The van der Waals surface area contributed by atoms with Crippen molar-refractivity contribution in [2.24, 2.45) is 0 Å². The normalized spacial score (nSPS) is 10.3. The molecule has 0 saturated carbocycles. The van der Waals surface area contributed by atoms with Crippen LogP contribution in [0, 0.1) is 12.8 Å². The zero-order chi connectivity index (χ0) is 9.14. The third kappa shape index (κ3) is 1.98. The quantitative estimate of drug-likeness (QED) is 0.714. The minimum atomic E-state index is 1.12. The number of rotatable bonds is 2. The maximum atomic E-state index is 3.76. The summed E-state index contributed by atoms with van der Waals surface area (Å²) in [4.78, 5) is 0. The van der Waals surface area contributed by atoms with Crippen molar-refractivity contribution in [3.05, 3.63) is 52.4 Å². The van der Waals surface area contributed by atoms with E-state index in [0.717, 1.165) is 4.47 Å². The average Bonchev–Trinajstić information content (AvgIpc) is 2.08. The van der Waals surface area contributed by atoms with Crippen LogP contribution in [0.5, 0.6) is 0 Å². The maximum Gasteiger partial charge on any atom is 0.0233 e. The Morgan fingerprint density at radius 1 is 1.50 bits per heavy atom. The molecule has 0 nitrogen and oxygen atoms in total. The summed E-state index contributed by atoms with van der Waals surface area (Å²) in [5.41, 5.74) is 2.55. The van der Waals surface area contributed by atoms with Crippen molar-refractivity contribution >= 4 is 15.9 Å². The Labute approximate surface area is 82.4 Å². The summed E-state index contributed by atoms with van der Waals surface area (Å²) in [5, 5.41) is 0. The summed E-state index contributed by atoms with van der Waals surface area (Å²) in [5.74, 6) is 1.22. The van der Waals surface area contributed by atoms with Gasteiger partial charge >= 0.3 is 0 Å². The first-order chi connectivity index (χ1) is 5.65. The molecule has 1 heteroatoms. The maximum absolute atomic E-state index is 3.76. The Bertz CT molecular complexity index is 289. The van der Waals surface area contributed by atoms with Crippen molar-refractivity contribution < 1.29 is 0 Å². The van der Waals surface area contributed by atoms with E-state index in [2.05, 4.69) is 54.6 Å². The number of hydrogen-bond acceptors (Lipinski definition) is 0. The Kier molecular flexibility index (Phi) is 3.10. The zero-order valence-corrected chi connectivity index (χ0v) is 8.98. The Morgan fingerprint density at radius 3 is 2.75 bits per heavy atom. The Morgan fingerprint density at radius 2 is 2.17 bits per heavy atom. The molecule has 0 bridgehead atoms. The predicted molar refractivity (Wildman–Crippen MR) is 57.1 cm³/mol. The molecule has 0 N–H and O–H groups in total. The second-order valence-electron chi connectivity index (χ2n) is 2.85. The van der Waals surface area contributed by atoms with E-state index < -0.39 is 0 Å². The van der Waals surface area contributed by atoms with E-state index in [4.69, 9.17) is 0 Å². The van der Waals surface area contributed by atoms with Crippen LogP contribution in [0.1, 0.15) is 18.1 Å². The van der Waals surface area contributed by atoms with Gasteiger partial charge in [-0.2, -0.15) is 0 Å². The molecule has 0 unspecified atom stereocenters. The molecule has 0 aliphatic rings. The van der Waals surface area contributed by atoms with Gasteiger partial charge < -0.3 is 0 Å². The lowest BCUT2D eigenvalue weighted by Crippen LogP contribution is -1.93. The third-order valence-corrected chi connectivity index (χ3v) is 2.42. The summed E-state index contributed by atoms with van der Waals surface area (Å²) in [6, 6.07) is 6.27. The van der Waals surface area contributed by atoms with Crippen molar-refractivity contribution in [2.45, 2.75) is 13.8 Å². The van der Waals surface area contributed by atoms with Crippen molar-refractivity contribution in [1.82, 2.24) is 0 Å². The highest BCUT2D eigenvalue weighted by atomic mass is 79.9. The van der Waals surface area contributed by atoms with E-state index in [1.807, 2.05) is 6.08 Å². The van der Waals surface area contributed by atoms with Gasteiger partial charge in [0.2, 0.25) is 0 Å². The fourth-order valence-corrected chi connectivity index (χ4v) is 1.49. The fourth-order valence-electron chi connectivity index (χ4n) is 1.13. The summed E-state index contributed by atoms with van der Waals surface area (Å²) >= 11 is 3.45. The molecule has 1 radical (unpaired) electrons. The molecule has 1 rings (SSSR count). The number of allylic oxidation sites excluding steroid dienone is 1. The highest BCUT2D eigenvalue weighted by Crippen LogP contribution is 2.23. The molecule has 0 spiro atoms. The van der Waals surface area contributed by atoms with Crippen LogP contribution >= 0.6 is 15.9 Å². The van der Waals surface area contributed by atoms with Crippen LogP contribution < -0.4 is 0 Å². The lowest BCUT2D eigenvalue weighted by atomic mass is 9.97. The largest absolute Gasteiger partial charge is 0.102 e. The van der Waals surface area contributed by atoms with Gasteiger partial charge in [0, 0.05) is 10.4 Å². The minimum Gasteiger partial charge on any atom is -0.102 e. The third-order valence-electron chi connectivity index (χ3n) is 1.93. The van der Waals surface area contributed by atoms with Gasteiger partial charge in [-0.3, -0.25) is 0 Å². The smallest absolute Gasteiger partial charge is 0.0233 e. The zero-order valence-electron chi connectivity index (χ0n) is 7.39. The standard InChI is InChI=1S/C11H12Br/c1-4-8(2)11-7-10(12)6-5-9(11)3/h4-7H,1H2,2-3H3. The second-order valence-corrected chi connectivity index (χ2v) is 3.76. The number of hydrogen-bond donors (Lipinski definition) is 0. The van der Waals surface area contributed by atoms with Gasteiger partial charge in [0.05, 0.1) is 0 Å². The second kappa shape index (κ2) is 3.90. The summed E-state index contributed by atoms with van der Waals surface area (Å²) in [7, 11) is 0. The van der Waals surface area contributed by atoms with Gasteiger partial charge in [0.25, 0.3) is 0 Å². The summed E-state index contributed by atoms with van der Waals surface area (Å²) < 4.78 is 1.12. The molecule has 0 fully saturated rings. The fraction of sp³-hybridized carbons (Fsp3) is 0.182. The van der Waals surface area contributed by atoms with E-state index in [9.17, 15) is 0 Å². The van der Waals surface area contributed by atoms with Crippen LogP contribution in [0.2, 0.25) is 0 Å². The summed E-state index contributed by atoms with van der Waals surface area (Å²) in [6.45, 7) is 7.93. The van der Waals surface area contributed by atoms with Crippen LogP contribution in [-0.4, -0.2) is 0 Å². The molecule has 12 heavy (non-hydrogen) atoms. The number of halogens is 1. The topological polar surface area (TPSA) is 0 Å². The molecule has 1 aromatic rings. The molecular weight excluding hydrogens is 212 g/mol. The van der Waals surface area contributed by atoms with Gasteiger partial charge in [-0.05, 0) is 30.2 Å². The highest BCUT2D eigenvalue weighted by Gasteiger charge is 2.04. The van der Waals surface area contributed by atoms with Crippen LogP contribution in [-0.2, 0) is 0 Å². The number of aryl methyl sites for hydroxylation is 1. The van der Waals surface area contributed by atoms with Crippen LogP contribution in [0.25, 0.3) is 0 Å². The van der Waals surface area contributed by atoms with Crippen LogP contribution in [0.3, 0.4) is 0 Å². The average molecular weight is 224 g/mol. The van der Waals surface area contributed by atoms with E-state index in [1.165, 1.54) is 17.0 Å². The number of benzene rings is 1. The van der Waals surface area contributed by atoms with Gasteiger partial charge in [-0.1, -0.05) is 35.0 Å². The van der Waals surface area contributed by atoms with Crippen molar-refractivity contribution in [2.75, 3.05) is 0 Å². The SMILES string of the molecule is C=C[C](C)c1cc(Br)ccc1C. The van der Waals surface area contributed by atoms with E-state index >= 15 is 0 Å². The Hall–Kier alpha value is -0.560. The van der Waals surface area contributed by atoms with E-state index in [-0.39, 0.29) is 0 Å². The van der Waals surface area contributed by atoms with Gasteiger partial charge in [-0.15, -0.1) is 6.58 Å². The first kappa shape index (κ1) is 9.53. The van der Waals surface area contributed by atoms with Gasteiger partial charge in [0.15, 0.2) is 0 Å². The van der Waals surface area contributed by atoms with Crippen LogP contribution in [0.4, 0.5) is 0 Å². The first-order valence-corrected chi connectivity index (χ1v) is 4.67. The lowest BCUT2D eigenvalue weighted by molar-refractivity contribution is 1.21. The van der Waals surface area contributed by atoms with Crippen molar-refractivity contribution in [3.8, 4) is 0 Å². The molecule has 0 atom stereocenters. The van der Waals surface area contributed by atoms with Crippen LogP contribution in [0.15, 0.2) is 35.3 Å². The molecule has 1 aromatic carbocycles. The Balaban J connectivity index is 3.12. The predicted octanol–water partition coefficient (Wildman–Crippen LogP) is 3.89. The van der Waals surface area contributed by atoms with Crippen molar-refractivity contribution in [3.63, 3.8) is 0 Å². The monoisotopic (exact) mass is 223 g/mol. The van der Waals surface area contributed by atoms with E-state index in [0.29, 0.717) is 0 Å². The first-order valence-electron chi connectivity index (χ1n) is 3.87. The minimum absolute atomic E-state index is 1.12. The molecule has 0 heterocycles. The van der Waals surface area contributed by atoms with Gasteiger partial charge in [-0.25, -0.2) is 0 Å². The molecular formula is C11H12Br. The van der Waals surface area contributed by atoms with Gasteiger partial charge in [0.1, 0.15) is 0 Å². The lowest BCUT2D eigenvalue weighted by Gasteiger charge is -2.09. The molecule has 0 saturated heterocycles. The van der Waals surface area contributed by atoms with Crippen molar-refractivity contribution in [1.29, 1.82) is 0 Å². The molecule has 0 amide bonds. The molecule has 63 valence electrons. The highest BCUT2D eigenvalue weighted by molar-refractivity contribution is 9.10. The van der Waals surface area contributed by atoms with E-state index in [1.54, 1.807) is 0 Å².